The van der Waals surface area contributed by atoms with Crippen molar-refractivity contribution in [3.05, 3.63) is 42.5 Å². The number of nitrogens with one attached hydrogen (secondary N) is 3. The molecule has 7 heteroatoms. The standard InChI is InChI=1S/C16H15N3O3S/c1-10(20)17-11-2-4-12(5-3-11)18-16(23)19-13-6-7-14-15(8-13)22-9-21-14/h2-8H,9H2,1H3,(H,17,20)(H2,18,19,23). The van der Waals surface area contributed by atoms with Gasteiger partial charge < -0.3 is 25.4 Å². The van der Waals surface area contributed by atoms with Gasteiger partial charge in [-0.1, -0.05) is 0 Å². The minimum absolute atomic E-state index is 0.106. The first kappa shape index (κ1) is 15.1. The summed E-state index contributed by atoms with van der Waals surface area (Å²) in [4.78, 5) is 11.0. The van der Waals surface area contributed by atoms with E-state index in [4.69, 9.17) is 21.7 Å². The summed E-state index contributed by atoms with van der Waals surface area (Å²) in [5.41, 5.74) is 2.36. The Bertz CT molecular complexity index is 747. The van der Waals surface area contributed by atoms with Crippen molar-refractivity contribution >= 4 is 40.3 Å². The minimum Gasteiger partial charge on any atom is -0.454 e. The number of amides is 1. The second-order valence-corrected chi connectivity index (χ2v) is 5.31. The summed E-state index contributed by atoms with van der Waals surface area (Å²) in [6.07, 6.45) is 0. The zero-order valence-electron chi connectivity index (χ0n) is 12.4. The van der Waals surface area contributed by atoms with Gasteiger partial charge in [0.05, 0.1) is 0 Å². The highest BCUT2D eigenvalue weighted by atomic mass is 32.1. The summed E-state index contributed by atoms with van der Waals surface area (Å²) in [5, 5.41) is 9.32. The van der Waals surface area contributed by atoms with Crippen molar-refractivity contribution in [2.75, 3.05) is 22.7 Å². The van der Waals surface area contributed by atoms with Crippen LogP contribution in [0.2, 0.25) is 0 Å². The first-order valence-electron chi connectivity index (χ1n) is 6.95. The number of hydrogen-bond acceptors (Lipinski definition) is 4. The van der Waals surface area contributed by atoms with Gasteiger partial charge >= 0.3 is 0 Å². The lowest BCUT2D eigenvalue weighted by atomic mass is 10.2. The Morgan fingerprint density at radius 2 is 1.48 bits per heavy atom. The highest BCUT2D eigenvalue weighted by molar-refractivity contribution is 7.80. The van der Waals surface area contributed by atoms with Crippen LogP contribution < -0.4 is 25.4 Å². The average molecular weight is 329 g/mol. The Hall–Kier alpha value is -2.80. The van der Waals surface area contributed by atoms with Crippen LogP contribution in [0.3, 0.4) is 0 Å². The number of carbonyl (C=O) groups is 1. The molecule has 3 N–H and O–H groups in total. The van der Waals surface area contributed by atoms with Gasteiger partial charge in [0.15, 0.2) is 16.6 Å². The molecular formula is C16H15N3O3S. The molecule has 118 valence electrons. The van der Waals surface area contributed by atoms with Gasteiger partial charge in [0.2, 0.25) is 12.7 Å². The van der Waals surface area contributed by atoms with E-state index < -0.39 is 0 Å². The summed E-state index contributed by atoms with van der Waals surface area (Å²) in [7, 11) is 0. The Kier molecular flexibility index (Phi) is 4.29. The molecule has 0 saturated heterocycles. The van der Waals surface area contributed by atoms with Crippen LogP contribution in [-0.2, 0) is 4.79 Å². The van der Waals surface area contributed by atoms with Crippen LogP contribution in [-0.4, -0.2) is 17.8 Å². The fourth-order valence-electron chi connectivity index (χ4n) is 2.11. The summed E-state index contributed by atoms with van der Waals surface area (Å²) in [6.45, 7) is 1.71. The normalized spacial score (nSPS) is 11.7. The van der Waals surface area contributed by atoms with Crippen molar-refractivity contribution in [1.82, 2.24) is 0 Å². The molecule has 1 aliphatic heterocycles. The lowest BCUT2D eigenvalue weighted by molar-refractivity contribution is -0.114. The van der Waals surface area contributed by atoms with Gasteiger partial charge in [-0.05, 0) is 48.6 Å². The zero-order chi connectivity index (χ0) is 16.2. The van der Waals surface area contributed by atoms with Crippen LogP contribution in [0.25, 0.3) is 0 Å². The molecule has 3 rings (SSSR count). The van der Waals surface area contributed by atoms with Gasteiger partial charge in [-0.15, -0.1) is 0 Å². The van der Waals surface area contributed by atoms with Gasteiger partial charge in [-0.25, -0.2) is 0 Å². The molecule has 6 nitrogen and oxygen atoms in total. The quantitative estimate of drug-likeness (QED) is 0.751. The molecule has 1 heterocycles. The van der Waals surface area contributed by atoms with Gasteiger partial charge in [-0.3, -0.25) is 4.79 Å². The lowest BCUT2D eigenvalue weighted by Gasteiger charge is -2.11. The number of hydrogen-bond donors (Lipinski definition) is 3. The molecule has 2 aromatic rings. The van der Waals surface area contributed by atoms with Crippen LogP contribution in [0, 0.1) is 0 Å². The maximum Gasteiger partial charge on any atom is 0.231 e. The highest BCUT2D eigenvalue weighted by Gasteiger charge is 2.13. The number of benzene rings is 2. The van der Waals surface area contributed by atoms with E-state index in [1.165, 1.54) is 6.92 Å². The lowest BCUT2D eigenvalue weighted by Crippen LogP contribution is -2.19. The van der Waals surface area contributed by atoms with Crippen molar-refractivity contribution in [3.63, 3.8) is 0 Å². The smallest absolute Gasteiger partial charge is 0.231 e. The third-order valence-corrected chi connectivity index (χ3v) is 3.30. The largest absolute Gasteiger partial charge is 0.454 e. The fraction of sp³-hybridized carbons (Fsp3) is 0.125. The summed E-state index contributed by atoms with van der Waals surface area (Å²) < 4.78 is 10.6. The molecule has 0 fully saturated rings. The van der Waals surface area contributed by atoms with Crippen LogP contribution in [0.1, 0.15) is 6.92 Å². The average Bonchev–Trinajstić information content (AvgIpc) is 2.96. The first-order valence-corrected chi connectivity index (χ1v) is 7.36. The van der Waals surface area contributed by atoms with Gasteiger partial charge in [-0.2, -0.15) is 0 Å². The van der Waals surface area contributed by atoms with Crippen molar-refractivity contribution in [3.8, 4) is 11.5 Å². The predicted molar refractivity (Wildman–Crippen MR) is 93.2 cm³/mol. The molecule has 0 aliphatic carbocycles. The third-order valence-electron chi connectivity index (χ3n) is 3.09. The minimum atomic E-state index is -0.106. The maximum atomic E-state index is 11.0. The van der Waals surface area contributed by atoms with Crippen molar-refractivity contribution in [2.45, 2.75) is 6.92 Å². The third kappa shape index (κ3) is 3.89. The van der Waals surface area contributed by atoms with Crippen LogP contribution in [0.5, 0.6) is 11.5 Å². The Labute approximate surface area is 138 Å². The predicted octanol–water partition coefficient (Wildman–Crippen LogP) is 3.18. The highest BCUT2D eigenvalue weighted by Crippen LogP contribution is 2.34. The number of carbonyl (C=O) groups excluding carboxylic acids is 1. The van der Waals surface area contributed by atoms with Gasteiger partial charge in [0.25, 0.3) is 0 Å². The molecule has 1 aliphatic rings. The second kappa shape index (κ2) is 6.53. The van der Waals surface area contributed by atoms with Crippen molar-refractivity contribution in [2.24, 2.45) is 0 Å². The zero-order valence-corrected chi connectivity index (χ0v) is 13.2. The second-order valence-electron chi connectivity index (χ2n) is 4.91. The summed E-state index contributed by atoms with van der Waals surface area (Å²) in [5.74, 6) is 1.31. The molecule has 0 aromatic heterocycles. The van der Waals surface area contributed by atoms with E-state index in [1.54, 1.807) is 12.1 Å². The number of thiocarbonyl (C=S) groups is 1. The van der Waals surface area contributed by atoms with E-state index in [1.807, 2.05) is 30.3 Å². The fourth-order valence-corrected chi connectivity index (χ4v) is 2.34. The molecule has 23 heavy (non-hydrogen) atoms. The first-order chi connectivity index (χ1) is 11.1. The van der Waals surface area contributed by atoms with Crippen molar-refractivity contribution < 1.29 is 14.3 Å². The number of anilines is 3. The number of ether oxygens (including phenoxy) is 2. The van der Waals surface area contributed by atoms with Crippen LogP contribution in [0.15, 0.2) is 42.5 Å². The number of rotatable bonds is 3. The molecular weight excluding hydrogens is 314 g/mol. The molecule has 0 radical (unpaired) electrons. The van der Waals surface area contributed by atoms with Crippen LogP contribution in [0.4, 0.5) is 17.1 Å². The molecule has 0 saturated carbocycles. The molecule has 0 unspecified atom stereocenters. The van der Waals surface area contributed by atoms with Gasteiger partial charge in [0.1, 0.15) is 0 Å². The van der Waals surface area contributed by atoms with E-state index in [0.29, 0.717) is 10.9 Å². The topological polar surface area (TPSA) is 71.6 Å². The molecule has 1 amide bonds. The molecule has 0 spiro atoms. The Morgan fingerprint density at radius 1 is 0.913 bits per heavy atom. The molecule has 0 atom stereocenters. The van der Waals surface area contributed by atoms with Crippen LogP contribution >= 0.6 is 12.2 Å². The molecule has 0 bridgehead atoms. The van der Waals surface area contributed by atoms with E-state index in [2.05, 4.69) is 16.0 Å². The van der Waals surface area contributed by atoms with E-state index in [-0.39, 0.29) is 12.7 Å². The maximum absolute atomic E-state index is 11.0. The Morgan fingerprint density at radius 3 is 2.17 bits per heavy atom. The van der Waals surface area contributed by atoms with Crippen molar-refractivity contribution in [1.29, 1.82) is 0 Å². The van der Waals surface area contributed by atoms with E-state index in [0.717, 1.165) is 22.8 Å². The van der Waals surface area contributed by atoms with E-state index in [9.17, 15) is 4.79 Å². The Balaban J connectivity index is 1.59. The molecule has 2 aromatic carbocycles. The monoisotopic (exact) mass is 329 g/mol. The number of fused-ring (bicyclic) bond motifs is 1. The summed E-state index contributed by atoms with van der Waals surface area (Å²) in [6, 6.07) is 12.8. The SMILES string of the molecule is CC(=O)Nc1ccc(NC(=S)Nc2ccc3c(c2)OCO3)cc1. The van der Waals surface area contributed by atoms with E-state index >= 15 is 0 Å². The van der Waals surface area contributed by atoms with Gasteiger partial charge in [0, 0.05) is 30.1 Å². The summed E-state index contributed by atoms with van der Waals surface area (Å²) >= 11 is 5.28.